The quantitative estimate of drug-likeness (QED) is 0.281. The lowest BCUT2D eigenvalue weighted by atomic mass is 10.2. The highest BCUT2D eigenvalue weighted by molar-refractivity contribution is 5.74. The average Bonchev–Trinajstić information content (AvgIpc) is 2.66. The minimum Gasteiger partial charge on any atom is -0.457 e. The van der Waals surface area contributed by atoms with Crippen LogP contribution in [0.2, 0.25) is 0 Å². The van der Waals surface area contributed by atoms with Crippen molar-refractivity contribution in [3.8, 4) is 0 Å². The van der Waals surface area contributed by atoms with E-state index >= 15 is 0 Å². The number of rotatable bonds is 15. The second-order valence-corrected chi connectivity index (χ2v) is 7.74. The summed E-state index contributed by atoms with van der Waals surface area (Å²) in [5, 5.41) is 9.18. The molecule has 0 bridgehead atoms. The molecule has 0 saturated carbocycles. The van der Waals surface area contributed by atoms with E-state index < -0.39 is 35.8 Å². The molecule has 0 aliphatic carbocycles. The summed E-state index contributed by atoms with van der Waals surface area (Å²) in [6, 6.07) is 0. The molecule has 182 valence electrons. The lowest BCUT2D eigenvalue weighted by molar-refractivity contribution is -0.155. The second kappa shape index (κ2) is 15.8. The van der Waals surface area contributed by atoms with Crippen molar-refractivity contribution in [3.63, 3.8) is 0 Å². The standard InChI is InChI=1S/C20H37NO10/c1-20(2,3)31-19(25)21(9-7-17(23)29-15(11-22)12-26-4)10-8-18(24)30-16(13-27-5)14-28-6/h15-16,22H,7-14H2,1-6H3. The van der Waals surface area contributed by atoms with Gasteiger partial charge in [0.05, 0.1) is 39.3 Å². The Bertz CT molecular complexity index is 529. The highest BCUT2D eigenvalue weighted by Gasteiger charge is 2.25. The van der Waals surface area contributed by atoms with Crippen molar-refractivity contribution in [1.82, 2.24) is 4.90 Å². The predicted octanol–water partition coefficient (Wildman–Crippen LogP) is 0.759. The van der Waals surface area contributed by atoms with Crippen LogP contribution < -0.4 is 0 Å². The van der Waals surface area contributed by atoms with Crippen LogP contribution in [0.1, 0.15) is 33.6 Å². The van der Waals surface area contributed by atoms with E-state index in [9.17, 15) is 19.5 Å². The minimum absolute atomic E-state index is 0.0186. The van der Waals surface area contributed by atoms with Gasteiger partial charge in [-0.25, -0.2) is 4.79 Å². The summed E-state index contributed by atoms with van der Waals surface area (Å²) in [6.45, 7) is 5.09. The summed E-state index contributed by atoms with van der Waals surface area (Å²) < 4.78 is 30.5. The van der Waals surface area contributed by atoms with Gasteiger partial charge in [0, 0.05) is 34.4 Å². The van der Waals surface area contributed by atoms with E-state index in [2.05, 4.69) is 0 Å². The van der Waals surface area contributed by atoms with Gasteiger partial charge in [-0.05, 0) is 20.8 Å². The molecular formula is C20H37NO10. The van der Waals surface area contributed by atoms with Gasteiger partial charge in [0.25, 0.3) is 0 Å². The molecule has 11 heteroatoms. The molecule has 0 rings (SSSR count). The minimum atomic E-state index is -0.791. The van der Waals surface area contributed by atoms with Crippen LogP contribution in [0.4, 0.5) is 4.79 Å². The van der Waals surface area contributed by atoms with Crippen LogP contribution in [-0.2, 0) is 38.0 Å². The first-order valence-corrected chi connectivity index (χ1v) is 10.0. The third-order valence-electron chi connectivity index (χ3n) is 3.68. The van der Waals surface area contributed by atoms with Gasteiger partial charge in [0.15, 0.2) is 0 Å². The molecule has 31 heavy (non-hydrogen) atoms. The molecule has 0 radical (unpaired) electrons. The maximum absolute atomic E-state index is 12.5. The Morgan fingerprint density at radius 2 is 1.23 bits per heavy atom. The summed E-state index contributed by atoms with van der Waals surface area (Å²) in [4.78, 5) is 37.9. The number of esters is 2. The first kappa shape index (κ1) is 29.1. The zero-order valence-corrected chi connectivity index (χ0v) is 19.4. The predicted molar refractivity (Wildman–Crippen MR) is 110 cm³/mol. The van der Waals surface area contributed by atoms with E-state index in [1.54, 1.807) is 20.8 Å². The smallest absolute Gasteiger partial charge is 0.410 e. The molecule has 0 aromatic rings. The first-order valence-electron chi connectivity index (χ1n) is 10.0. The van der Waals surface area contributed by atoms with Crippen molar-refractivity contribution in [2.45, 2.75) is 51.4 Å². The summed E-state index contributed by atoms with van der Waals surface area (Å²) >= 11 is 0. The molecule has 0 aliphatic heterocycles. The van der Waals surface area contributed by atoms with E-state index in [4.69, 9.17) is 28.4 Å². The van der Waals surface area contributed by atoms with E-state index in [-0.39, 0.29) is 52.4 Å². The maximum atomic E-state index is 12.5. The Morgan fingerprint density at radius 3 is 1.61 bits per heavy atom. The highest BCUT2D eigenvalue weighted by Crippen LogP contribution is 2.11. The van der Waals surface area contributed by atoms with Crippen molar-refractivity contribution in [3.05, 3.63) is 0 Å². The summed E-state index contributed by atoms with van der Waals surface area (Å²) in [5.41, 5.74) is -0.751. The largest absolute Gasteiger partial charge is 0.457 e. The molecule has 0 fully saturated rings. The van der Waals surface area contributed by atoms with Gasteiger partial charge < -0.3 is 38.4 Å². The molecule has 11 nitrogen and oxygen atoms in total. The van der Waals surface area contributed by atoms with E-state index in [0.717, 1.165) is 0 Å². The fourth-order valence-corrected chi connectivity index (χ4v) is 2.36. The fraction of sp³-hybridized carbons (Fsp3) is 0.850. The molecule has 0 aromatic heterocycles. The summed E-state index contributed by atoms with van der Waals surface area (Å²) in [7, 11) is 4.38. The van der Waals surface area contributed by atoms with Gasteiger partial charge in [-0.2, -0.15) is 0 Å². The Morgan fingerprint density at radius 1 is 0.806 bits per heavy atom. The van der Waals surface area contributed by atoms with Crippen LogP contribution in [0.15, 0.2) is 0 Å². The molecule has 1 amide bonds. The molecule has 1 atom stereocenters. The van der Waals surface area contributed by atoms with E-state index in [1.807, 2.05) is 0 Å². The molecule has 0 aromatic carbocycles. The van der Waals surface area contributed by atoms with Gasteiger partial charge in [-0.3, -0.25) is 9.59 Å². The molecule has 0 heterocycles. The Kier molecular flexibility index (Phi) is 14.8. The van der Waals surface area contributed by atoms with Gasteiger partial charge in [-0.15, -0.1) is 0 Å². The van der Waals surface area contributed by atoms with Gasteiger partial charge in [0.1, 0.15) is 17.8 Å². The zero-order valence-electron chi connectivity index (χ0n) is 19.4. The number of amides is 1. The van der Waals surface area contributed by atoms with Crippen LogP contribution >= 0.6 is 0 Å². The van der Waals surface area contributed by atoms with Crippen molar-refractivity contribution >= 4 is 18.0 Å². The van der Waals surface area contributed by atoms with Gasteiger partial charge >= 0.3 is 18.0 Å². The Balaban J connectivity index is 4.88. The number of hydrogen-bond acceptors (Lipinski definition) is 10. The van der Waals surface area contributed by atoms with Gasteiger partial charge in [0.2, 0.25) is 0 Å². The summed E-state index contributed by atoms with van der Waals surface area (Å²) in [5.74, 6) is -1.16. The Hall–Kier alpha value is -1.95. The van der Waals surface area contributed by atoms with Crippen LogP contribution in [0.5, 0.6) is 0 Å². The number of carbonyl (C=O) groups excluding carboxylic acids is 3. The number of carbonyl (C=O) groups is 3. The topological polar surface area (TPSA) is 130 Å². The lowest BCUT2D eigenvalue weighted by Gasteiger charge is -2.27. The van der Waals surface area contributed by atoms with E-state index in [0.29, 0.717) is 0 Å². The second-order valence-electron chi connectivity index (χ2n) is 7.74. The SMILES string of the molecule is COCC(CO)OC(=O)CCN(CCC(=O)OC(COC)COC)C(=O)OC(C)(C)C. The van der Waals surface area contributed by atoms with Gasteiger partial charge in [-0.1, -0.05) is 0 Å². The molecular weight excluding hydrogens is 414 g/mol. The number of nitrogens with zero attached hydrogens (tertiary/aromatic N) is 1. The van der Waals surface area contributed by atoms with E-state index in [1.165, 1.54) is 26.2 Å². The number of ether oxygens (including phenoxy) is 6. The van der Waals surface area contributed by atoms with Crippen LogP contribution in [0.25, 0.3) is 0 Å². The molecule has 1 N–H and O–H groups in total. The average molecular weight is 452 g/mol. The molecule has 0 spiro atoms. The van der Waals surface area contributed by atoms with Crippen LogP contribution in [0, 0.1) is 0 Å². The summed E-state index contributed by atoms with van der Waals surface area (Å²) in [6.07, 6.45) is -2.29. The number of methoxy groups -OCH3 is 3. The van der Waals surface area contributed by atoms with Crippen molar-refractivity contribution in [2.24, 2.45) is 0 Å². The van der Waals surface area contributed by atoms with Crippen LogP contribution in [-0.4, -0.2) is 107 Å². The Labute approximate surface area is 183 Å². The third kappa shape index (κ3) is 14.6. The zero-order chi connectivity index (χ0) is 23.9. The molecule has 0 aliphatic rings. The fourth-order valence-electron chi connectivity index (χ4n) is 2.36. The normalized spacial score (nSPS) is 12.4. The number of hydrogen-bond donors (Lipinski definition) is 1. The van der Waals surface area contributed by atoms with Crippen LogP contribution in [0.3, 0.4) is 0 Å². The lowest BCUT2D eigenvalue weighted by Crippen LogP contribution is -2.40. The first-order chi connectivity index (χ1) is 14.6. The monoisotopic (exact) mass is 451 g/mol. The number of aliphatic hydroxyl groups excluding tert-OH is 1. The molecule has 0 saturated heterocycles. The highest BCUT2D eigenvalue weighted by atomic mass is 16.6. The third-order valence-corrected chi connectivity index (χ3v) is 3.68. The van der Waals surface area contributed by atoms with Crippen molar-refractivity contribution in [1.29, 1.82) is 0 Å². The van der Waals surface area contributed by atoms with Crippen molar-refractivity contribution in [2.75, 3.05) is 60.8 Å². The molecule has 1 unspecified atom stereocenters. The maximum Gasteiger partial charge on any atom is 0.410 e. The van der Waals surface area contributed by atoms with Crippen molar-refractivity contribution < 1.29 is 47.9 Å². The number of aliphatic hydroxyl groups is 1.